The number of rotatable bonds is 1. The maximum atomic E-state index is 5.22. The average molecular weight is 222 g/mol. The number of nitrogens with one attached hydrogen (secondary N) is 2. The van der Waals surface area contributed by atoms with Crippen molar-refractivity contribution in [2.75, 3.05) is 5.32 Å². The molecule has 0 saturated carbocycles. The number of aryl methyl sites for hydroxylation is 1. The van der Waals surface area contributed by atoms with Crippen LogP contribution in [0.3, 0.4) is 0 Å². The second-order valence-electron chi connectivity index (χ2n) is 4.64. The summed E-state index contributed by atoms with van der Waals surface area (Å²) in [6.45, 7) is 8.30. The van der Waals surface area contributed by atoms with Crippen LogP contribution in [-0.2, 0) is 0 Å². The molecule has 0 spiro atoms. The zero-order chi connectivity index (χ0) is 11.5. The quantitative estimate of drug-likeness (QED) is 0.714. The topological polar surface area (TPSA) is 24.1 Å². The average Bonchev–Trinajstić information content (AvgIpc) is 2.05. The van der Waals surface area contributed by atoms with Crippen LogP contribution in [0, 0.1) is 6.92 Å². The summed E-state index contributed by atoms with van der Waals surface area (Å²) in [7, 11) is 0. The SMILES string of the molecule is Cc1ccccc1NC(=S)NC(C)(C)C. The fourth-order valence-electron chi connectivity index (χ4n) is 1.21. The van der Waals surface area contributed by atoms with Gasteiger partial charge in [0.1, 0.15) is 0 Å². The largest absolute Gasteiger partial charge is 0.358 e. The molecule has 0 atom stereocenters. The minimum absolute atomic E-state index is 0.00717. The Hall–Kier alpha value is -1.09. The number of para-hydroxylation sites is 1. The first kappa shape index (κ1) is 12.0. The zero-order valence-corrected chi connectivity index (χ0v) is 10.5. The van der Waals surface area contributed by atoms with Crippen LogP contribution in [0.25, 0.3) is 0 Å². The third-order valence-electron chi connectivity index (χ3n) is 1.88. The molecule has 0 saturated heterocycles. The van der Waals surface area contributed by atoms with Crippen LogP contribution in [0.1, 0.15) is 26.3 Å². The Kier molecular flexibility index (Phi) is 3.69. The van der Waals surface area contributed by atoms with Crippen molar-refractivity contribution in [3.63, 3.8) is 0 Å². The summed E-state index contributed by atoms with van der Waals surface area (Å²) in [6, 6.07) is 8.09. The molecule has 0 aliphatic heterocycles. The van der Waals surface area contributed by atoms with Crippen molar-refractivity contribution in [2.24, 2.45) is 0 Å². The molecule has 0 amide bonds. The van der Waals surface area contributed by atoms with Crippen molar-refractivity contribution in [1.82, 2.24) is 5.32 Å². The van der Waals surface area contributed by atoms with Crippen molar-refractivity contribution in [1.29, 1.82) is 0 Å². The maximum Gasteiger partial charge on any atom is 0.171 e. The third-order valence-corrected chi connectivity index (χ3v) is 2.09. The van der Waals surface area contributed by atoms with E-state index in [2.05, 4.69) is 44.4 Å². The van der Waals surface area contributed by atoms with E-state index in [0.717, 1.165) is 5.69 Å². The van der Waals surface area contributed by atoms with Gasteiger partial charge < -0.3 is 10.6 Å². The van der Waals surface area contributed by atoms with Crippen LogP contribution in [0.2, 0.25) is 0 Å². The predicted molar refractivity (Wildman–Crippen MR) is 70.3 cm³/mol. The Morgan fingerprint density at radius 1 is 1.20 bits per heavy atom. The van der Waals surface area contributed by atoms with Gasteiger partial charge >= 0.3 is 0 Å². The Bertz CT molecular complexity index is 353. The molecule has 2 N–H and O–H groups in total. The van der Waals surface area contributed by atoms with E-state index < -0.39 is 0 Å². The van der Waals surface area contributed by atoms with E-state index in [1.54, 1.807) is 0 Å². The molecule has 15 heavy (non-hydrogen) atoms. The molecule has 0 aliphatic rings. The van der Waals surface area contributed by atoms with Gasteiger partial charge in [0.25, 0.3) is 0 Å². The summed E-state index contributed by atoms with van der Waals surface area (Å²) in [5.74, 6) is 0. The molecule has 0 radical (unpaired) electrons. The Morgan fingerprint density at radius 3 is 2.33 bits per heavy atom. The maximum absolute atomic E-state index is 5.22. The lowest BCUT2D eigenvalue weighted by atomic mass is 10.1. The van der Waals surface area contributed by atoms with Gasteiger partial charge in [0, 0.05) is 11.2 Å². The molecule has 1 rings (SSSR count). The van der Waals surface area contributed by atoms with Crippen molar-refractivity contribution in [2.45, 2.75) is 33.2 Å². The van der Waals surface area contributed by atoms with Gasteiger partial charge in [-0.3, -0.25) is 0 Å². The normalized spacial score (nSPS) is 10.9. The first-order chi connectivity index (χ1) is 6.88. The minimum atomic E-state index is -0.00717. The van der Waals surface area contributed by atoms with Gasteiger partial charge in [-0.25, -0.2) is 0 Å². The van der Waals surface area contributed by atoms with Crippen molar-refractivity contribution in [3.05, 3.63) is 29.8 Å². The Labute approximate surface area is 97.1 Å². The molecule has 1 aromatic rings. The fourth-order valence-corrected chi connectivity index (χ4v) is 1.62. The van der Waals surface area contributed by atoms with Crippen LogP contribution in [0.15, 0.2) is 24.3 Å². The van der Waals surface area contributed by atoms with Crippen LogP contribution in [0.5, 0.6) is 0 Å². The third kappa shape index (κ3) is 4.30. The summed E-state index contributed by atoms with van der Waals surface area (Å²) in [4.78, 5) is 0. The van der Waals surface area contributed by atoms with Crippen molar-refractivity contribution >= 4 is 23.0 Å². The highest BCUT2D eigenvalue weighted by molar-refractivity contribution is 7.80. The van der Waals surface area contributed by atoms with Crippen LogP contribution < -0.4 is 10.6 Å². The van der Waals surface area contributed by atoms with E-state index in [1.807, 2.05) is 18.2 Å². The summed E-state index contributed by atoms with van der Waals surface area (Å²) >= 11 is 5.22. The van der Waals surface area contributed by atoms with Crippen molar-refractivity contribution in [3.8, 4) is 0 Å². The second kappa shape index (κ2) is 4.62. The molecule has 0 aliphatic carbocycles. The molecule has 0 fully saturated rings. The fraction of sp³-hybridized carbons (Fsp3) is 0.417. The number of hydrogen-bond donors (Lipinski definition) is 2. The lowest BCUT2D eigenvalue weighted by Gasteiger charge is -2.23. The van der Waals surface area contributed by atoms with E-state index in [0.29, 0.717) is 5.11 Å². The van der Waals surface area contributed by atoms with E-state index in [1.165, 1.54) is 5.56 Å². The lowest BCUT2D eigenvalue weighted by molar-refractivity contribution is 0.515. The zero-order valence-electron chi connectivity index (χ0n) is 9.72. The number of anilines is 1. The summed E-state index contributed by atoms with van der Waals surface area (Å²) in [5.41, 5.74) is 2.24. The highest BCUT2D eigenvalue weighted by Crippen LogP contribution is 2.13. The summed E-state index contributed by atoms with van der Waals surface area (Å²) < 4.78 is 0. The molecule has 2 nitrogen and oxygen atoms in total. The predicted octanol–water partition coefficient (Wildman–Crippen LogP) is 3.08. The van der Waals surface area contributed by atoms with Gasteiger partial charge in [-0.05, 0) is 51.5 Å². The van der Waals surface area contributed by atoms with E-state index in [4.69, 9.17) is 12.2 Å². The highest BCUT2D eigenvalue weighted by atomic mass is 32.1. The van der Waals surface area contributed by atoms with E-state index in [-0.39, 0.29) is 5.54 Å². The number of benzene rings is 1. The van der Waals surface area contributed by atoms with Gasteiger partial charge in [-0.1, -0.05) is 18.2 Å². The van der Waals surface area contributed by atoms with Crippen molar-refractivity contribution < 1.29 is 0 Å². The van der Waals surface area contributed by atoms with Gasteiger partial charge in [-0.2, -0.15) is 0 Å². The summed E-state index contributed by atoms with van der Waals surface area (Å²) in [6.07, 6.45) is 0. The van der Waals surface area contributed by atoms with Gasteiger partial charge in [0.15, 0.2) is 5.11 Å². The minimum Gasteiger partial charge on any atom is -0.358 e. The smallest absolute Gasteiger partial charge is 0.171 e. The first-order valence-electron chi connectivity index (χ1n) is 5.03. The first-order valence-corrected chi connectivity index (χ1v) is 5.44. The van der Waals surface area contributed by atoms with Gasteiger partial charge in [0.2, 0.25) is 0 Å². The standard InChI is InChI=1S/C12H18N2S/c1-9-7-5-6-8-10(9)13-11(15)14-12(2,3)4/h5-8H,1-4H3,(H2,13,14,15). The van der Waals surface area contributed by atoms with E-state index in [9.17, 15) is 0 Å². The number of thiocarbonyl (C=S) groups is 1. The number of hydrogen-bond acceptors (Lipinski definition) is 1. The molecule has 0 heterocycles. The molecule has 82 valence electrons. The second-order valence-corrected chi connectivity index (χ2v) is 5.05. The van der Waals surface area contributed by atoms with Crippen LogP contribution in [-0.4, -0.2) is 10.7 Å². The lowest BCUT2D eigenvalue weighted by Crippen LogP contribution is -2.43. The van der Waals surface area contributed by atoms with Crippen LogP contribution >= 0.6 is 12.2 Å². The molecular weight excluding hydrogens is 204 g/mol. The molecule has 0 unspecified atom stereocenters. The molecule has 0 aromatic heterocycles. The van der Waals surface area contributed by atoms with E-state index >= 15 is 0 Å². The van der Waals surface area contributed by atoms with Gasteiger partial charge in [0.05, 0.1) is 0 Å². The molecule has 1 aromatic carbocycles. The van der Waals surface area contributed by atoms with Gasteiger partial charge in [-0.15, -0.1) is 0 Å². The Balaban J connectivity index is 2.64. The highest BCUT2D eigenvalue weighted by Gasteiger charge is 2.11. The molecule has 0 bridgehead atoms. The molecule has 3 heteroatoms. The van der Waals surface area contributed by atoms with Crippen LogP contribution in [0.4, 0.5) is 5.69 Å². The summed E-state index contributed by atoms with van der Waals surface area (Å²) in [5, 5.41) is 7.07. The molecular formula is C12H18N2S. The Morgan fingerprint density at radius 2 is 1.80 bits per heavy atom. The monoisotopic (exact) mass is 222 g/mol.